The molecule has 0 atom stereocenters. The molecule has 0 aliphatic carbocycles. The normalized spacial score (nSPS) is 11.4. The minimum atomic E-state index is -0.151. The summed E-state index contributed by atoms with van der Waals surface area (Å²) in [7, 11) is 0. The van der Waals surface area contributed by atoms with Gasteiger partial charge in [-0.2, -0.15) is 0 Å². The zero-order valence-corrected chi connectivity index (χ0v) is 26.3. The first kappa shape index (κ1) is 28.5. The maximum Gasteiger partial charge on any atom is 0.200 e. The van der Waals surface area contributed by atoms with E-state index in [0.717, 1.165) is 72.2 Å². The van der Waals surface area contributed by atoms with E-state index in [9.17, 15) is 0 Å². The van der Waals surface area contributed by atoms with Crippen LogP contribution in [0.1, 0.15) is 26.7 Å². The molecular formula is C37H27IrN3O2-2. The molecule has 4 aromatic heterocycles. The Labute approximate surface area is 263 Å². The molecule has 0 aliphatic heterocycles. The first-order valence-corrected chi connectivity index (χ1v) is 13.9. The van der Waals surface area contributed by atoms with Crippen LogP contribution in [0, 0.1) is 12.1 Å². The first-order chi connectivity index (χ1) is 20.5. The monoisotopic (exact) mass is 738 g/mol. The van der Waals surface area contributed by atoms with Gasteiger partial charge in [-0.25, -0.2) is 4.98 Å². The smallest absolute Gasteiger partial charge is 0.200 e. The topological polar surface area (TPSA) is 65.0 Å². The van der Waals surface area contributed by atoms with E-state index < -0.39 is 0 Å². The molecule has 8 rings (SSSR count). The Kier molecular flexibility index (Phi) is 7.66. The van der Waals surface area contributed by atoms with Crippen molar-refractivity contribution in [3.63, 3.8) is 0 Å². The second-order valence-corrected chi connectivity index (χ2v) is 11.2. The van der Waals surface area contributed by atoms with Gasteiger partial charge in [0, 0.05) is 48.7 Å². The molecule has 6 heteroatoms. The quantitative estimate of drug-likeness (QED) is 0.166. The number of hydrogen-bond donors (Lipinski definition) is 0. The van der Waals surface area contributed by atoms with Crippen LogP contribution in [-0.4, -0.2) is 15.0 Å². The van der Waals surface area contributed by atoms with Crippen molar-refractivity contribution in [3.8, 4) is 22.5 Å². The van der Waals surface area contributed by atoms with Crippen LogP contribution >= 0.6 is 0 Å². The van der Waals surface area contributed by atoms with Crippen LogP contribution < -0.4 is 0 Å². The molecular weight excluding hydrogens is 711 g/mol. The average Bonchev–Trinajstić information content (AvgIpc) is 3.64. The van der Waals surface area contributed by atoms with Gasteiger partial charge in [0.2, 0.25) is 5.89 Å². The molecule has 0 fully saturated rings. The van der Waals surface area contributed by atoms with Crippen molar-refractivity contribution >= 4 is 43.8 Å². The number of pyridine rings is 2. The van der Waals surface area contributed by atoms with Gasteiger partial charge >= 0.3 is 0 Å². The number of benzene rings is 4. The van der Waals surface area contributed by atoms with Crippen molar-refractivity contribution in [2.75, 3.05) is 0 Å². The van der Waals surface area contributed by atoms with E-state index in [1.54, 1.807) is 12.4 Å². The Bertz CT molecular complexity index is 2130. The van der Waals surface area contributed by atoms with E-state index in [2.05, 4.69) is 61.1 Å². The van der Waals surface area contributed by atoms with Crippen LogP contribution in [0.25, 0.3) is 66.3 Å². The van der Waals surface area contributed by atoms with E-state index in [1.807, 2.05) is 78.9 Å². The van der Waals surface area contributed by atoms with Gasteiger partial charge in [0.15, 0.2) is 5.58 Å². The van der Waals surface area contributed by atoms with Gasteiger partial charge in [-0.05, 0) is 47.1 Å². The van der Waals surface area contributed by atoms with E-state index in [-0.39, 0.29) is 25.5 Å². The Morgan fingerprint density at radius 3 is 2.12 bits per heavy atom. The minimum absolute atomic E-state index is 0. The molecule has 213 valence electrons. The first-order valence-electron chi connectivity index (χ1n) is 13.9. The van der Waals surface area contributed by atoms with E-state index in [0.29, 0.717) is 0 Å². The molecule has 0 unspecified atom stereocenters. The summed E-state index contributed by atoms with van der Waals surface area (Å²) >= 11 is 0. The Morgan fingerprint density at radius 2 is 1.42 bits per heavy atom. The van der Waals surface area contributed by atoms with Gasteiger partial charge in [0.25, 0.3) is 0 Å². The Morgan fingerprint density at radius 1 is 0.651 bits per heavy atom. The maximum absolute atomic E-state index is 6.34. The van der Waals surface area contributed by atoms with Gasteiger partial charge in [-0.3, -0.25) is 0 Å². The predicted octanol–water partition coefficient (Wildman–Crippen LogP) is 9.59. The molecule has 4 heterocycles. The molecule has 8 aromatic rings. The van der Waals surface area contributed by atoms with E-state index >= 15 is 0 Å². The molecule has 0 N–H and O–H groups in total. The molecule has 0 saturated heterocycles. The summed E-state index contributed by atoms with van der Waals surface area (Å²) in [6.45, 7) is 6.31. The molecule has 5 nitrogen and oxygen atoms in total. The van der Waals surface area contributed by atoms with Crippen molar-refractivity contribution in [1.29, 1.82) is 0 Å². The van der Waals surface area contributed by atoms with Gasteiger partial charge in [-0.1, -0.05) is 62.1 Å². The second-order valence-electron chi connectivity index (χ2n) is 11.2. The summed E-state index contributed by atoms with van der Waals surface area (Å²) in [4.78, 5) is 13.5. The zero-order chi connectivity index (χ0) is 28.7. The van der Waals surface area contributed by atoms with Crippen molar-refractivity contribution in [1.82, 2.24) is 15.0 Å². The standard InChI is InChI=1S/C26H19N2O2.C11H8N.Ir/c1-26(2,3)25-28-23-18-14-22-19(13-15(18)10-11-21(23)30-25)16-7-6-8-17(24(16)29-22)20-9-4-5-12-27-20;1-2-6-10(7-3-1)11-8-4-5-9-12-11;/h4-7,9-14H,1-3H3;1-6,8-9H;/q2*-1;. The third kappa shape index (κ3) is 5.48. The number of furan rings is 1. The molecule has 0 aliphatic rings. The number of hydrogen-bond acceptors (Lipinski definition) is 5. The predicted molar refractivity (Wildman–Crippen MR) is 168 cm³/mol. The Hall–Kier alpha value is -4.64. The molecule has 0 spiro atoms. The third-order valence-corrected chi connectivity index (χ3v) is 7.14. The summed E-state index contributed by atoms with van der Waals surface area (Å²) in [6, 6.07) is 38.3. The molecule has 43 heavy (non-hydrogen) atoms. The van der Waals surface area contributed by atoms with Crippen LogP contribution in [0.5, 0.6) is 0 Å². The third-order valence-electron chi connectivity index (χ3n) is 7.14. The van der Waals surface area contributed by atoms with Crippen LogP contribution in [-0.2, 0) is 25.5 Å². The van der Waals surface area contributed by atoms with E-state index in [4.69, 9.17) is 13.8 Å². The van der Waals surface area contributed by atoms with Crippen LogP contribution in [0.3, 0.4) is 0 Å². The van der Waals surface area contributed by atoms with Gasteiger partial charge in [0.05, 0.1) is 5.58 Å². The second kappa shape index (κ2) is 11.6. The van der Waals surface area contributed by atoms with Gasteiger partial charge in [0.1, 0.15) is 11.1 Å². The van der Waals surface area contributed by atoms with Crippen LogP contribution in [0.15, 0.2) is 118 Å². The van der Waals surface area contributed by atoms with Gasteiger partial charge < -0.3 is 18.8 Å². The SMILES string of the molecule is CC(C)(C)c1nc2c(ccc3cc4c(cc32)oc2c(-c3ccccn3)[c-]ccc24)o1.[Ir].[c-]1ccccc1-c1ccccn1. The van der Waals surface area contributed by atoms with Crippen molar-refractivity contribution in [2.45, 2.75) is 26.2 Å². The zero-order valence-electron chi connectivity index (χ0n) is 23.9. The van der Waals surface area contributed by atoms with E-state index in [1.165, 1.54) is 0 Å². The summed E-state index contributed by atoms with van der Waals surface area (Å²) in [5.41, 5.74) is 6.87. The Balaban J connectivity index is 0.000000213. The molecule has 0 bridgehead atoms. The fourth-order valence-corrected chi connectivity index (χ4v) is 5.05. The average molecular weight is 738 g/mol. The van der Waals surface area contributed by atoms with Crippen molar-refractivity contribution in [3.05, 3.63) is 127 Å². The minimum Gasteiger partial charge on any atom is -0.501 e. The van der Waals surface area contributed by atoms with Crippen molar-refractivity contribution < 1.29 is 28.9 Å². The fraction of sp³-hybridized carbons (Fsp3) is 0.108. The fourth-order valence-electron chi connectivity index (χ4n) is 5.05. The maximum atomic E-state index is 6.34. The number of oxazole rings is 1. The summed E-state index contributed by atoms with van der Waals surface area (Å²) in [6.07, 6.45) is 3.57. The van der Waals surface area contributed by atoms with Crippen LogP contribution in [0.4, 0.5) is 0 Å². The van der Waals surface area contributed by atoms with Crippen molar-refractivity contribution in [2.24, 2.45) is 0 Å². The number of nitrogens with zero attached hydrogens (tertiary/aromatic N) is 3. The summed E-state index contributed by atoms with van der Waals surface area (Å²) < 4.78 is 12.4. The molecule has 0 amide bonds. The number of fused-ring (bicyclic) bond motifs is 6. The largest absolute Gasteiger partial charge is 0.501 e. The van der Waals surface area contributed by atoms with Crippen LogP contribution in [0.2, 0.25) is 0 Å². The summed E-state index contributed by atoms with van der Waals surface area (Å²) in [5.74, 6) is 0.738. The number of rotatable bonds is 2. The van der Waals surface area contributed by atoms with Gasteiger partial charge in [-0.15, -0.1) is 54.1 Å². The molecule has 4 aromatic carbocycles. The molecule has 0 saturated carbocycles. The molecule has 1 radical (unpaired) electrons. The summed E-state index contributed by atoms with van der Waals surface area (Å²) in [5, 5.41) is 4.27. The number of aromatic nitrogens is 3.